The van der Waals surface area contributed by atoms with Crippen LogP contribution >= 0.6 is 0 Å². The molecule has 0 unspecified atom stereocenters. The lowest BCUT2D eigenvalue weighted by atomic mass is 10.1. The quantitative estimate of drug-likeness (QED) is 0.204. The molecule has 2 aromatic heterocycles. The van der Waals surface area contributed by atoms with Crippen molar-refractivity contribution in [3.8, 4) is 0 Å². The fraction of sp³-hybridized carbons (Fsp3) is 0.185. The van der Waals surface area contributed by atoms with Crippen LogP contribution in [0.4, 0.5) is 31.7 Å². The molecule has 2 aromatic carbocycles. The highest BCUT2D eigenvalue weighted by Crippen LogP contribution is 2.30. The Morgan fingerprint density at radius 3 is 2.68 bits per heavy atom. The number of anilines is 4. The Morgan fingerprint density at radius 1 is 1.08 bits per heavy atom. The molecule has 4 N–H and O–H groups in total. The van der Waals surface area contributed by atoms with Gasteiger partial charge in [0.25, 0.3) is 5.91 Å². The molecule has 0 radical (unpaired) electrons. The zero-order valence-corrected chi connectivity index (χ0v) is 20.1. The van der Waals surface area contributed by atoms with Crippen molar-refractivity contribution < 1.29 is 18.4 Å². The predicted molar refractivity (Wildman–Crippen MR) is 139 cm³/mol. The summed E-state index contributed by atoms with van der Waals surface area (Å²) in [7, 11) is 0. The molecule has 3 heterocycles. The molecule has 192 valence electrons. The van der Waals surface area contributed by atoms with E-state index < -0.39 is 17.5 Å². The van der Waals surface area contributed by atoms with Gasteiger partial charge in [0.2, 0.25) is 5.91 Å². The van der Waals surface area contributed by atoms with E-state index in [1.165, 1.54) is 6.07 Å². The Hall–Kier alpha value is -4.80. The van der Waals surface area contributed by atoms with E-state index in [-0.39, 0.29) is 24.4 Å². The fourth-order valence-electron chi connectivity index (χ4n) is 4.25. The standard InChI is InChI=1S/C27H23F2N7O2/c28-22-3-1-2-15(25(22)29)13-30-19-10-20(32-18-4-5-18)12-21(11-19)33-23-6-7-36-26(34-23)17(14-31-36)8-16-9-24(37)35-27(16)38/h1-3,6-8,10-12,14,18,30,32H,4-5,9,13H2,(H,33,34)(H,35,37,38)/b16-8-. The molecule has 0 bridgehead atoms. The van der Waals surface area contributed by atoms with E-state index in [0.717, 1.165) is 36.0 Å². The Balaban J connectivity index is 1.27. The Kier molecular flexibility index (Phi) is 5.95. The first-order valence-electron chi connectivity index (χ1n) is 12.2. The van der Waals surface area contributed by atoms with Gasteiger partial charge in [0.15, 0.2) is 17.3 Å². The summed E-state index contributed by atoms with van der Waals surface area (Å²) < 4.78 is 29.3. The van der Waals surface area contributed by atoms with Crippen molar-refractivity contribution in [3.05, 3.63) is 83.2 Å². The normalized spacial score (nSPS) is 16.2. The highest BCUT2D eigenvalue weighted by Gasteiger charge is 2.24. The minimum atomic E-state index is -0.882. The third-order valence-corrected chi connectivity index (χ3v) is 6.29. The van der Waals surface area contributed by atoms with Crippen LogP contribution in [0.15, 0.2) is 60.4 Å². The Labute approximate surface area is 216 Å². The van der Waals surface area contributed by atoms with Crippen molar-refractivity contribution in [2.45, 2.75) is 31.8 Å². The van der Waals surface area contributed by atoms with Gasteiger partial charge in [0.1, 0.15) is 5.82 Å². The van der Waals surface area contributed by atoms with Gasteiger partial charge in [-0.15, -0.1) is 0 Å². The molecule has 1 aliphatic carbocycles. The zero-order valence-electron chi connectivity index (χ0n) is 20.1. The summed E-state index contributed by atoms with van der Waals surface area (Å²) in [5.41, 5.74) is 4.04. The smallest absolute Gasteiger partial charge is 0.254 e. The van der Waals surface area contributed by atoms with Gasteiger partial charge in [-0.05, 0) is 49.2 Å². The SMILES string of the molecule is O=C1C/C(=C/c2cnn3ccc(Nc4cc(NCc5cccc(F)c5F)cc(NC5CC5)c4)nc23)C(=O)N1. The van der Waals surface area contributed by atoms with Gasteiger partial charge in [-0.25, -0.2) is 18.3 Å². The summed E-state index contributed by atoms with van der Waals surface area (Å²) in [6.07, 6.45) is 7.15. The Bertz CT molecular complexity index is 1610. The first kappa shape index (κ1) is 23.6. The summed E-state index contributed by atoms with van der Waals surface area (Å²) in [6.45, 7) is 0.115. The van der Waals surface area contributed by atoms with E-state index in [0.29, 0.717) is 28.6 Å². The van der Waals surface area contributed by atoms with Crippen molar-refractivity contribution in [2.75, 3.05) is 16.0 Å². The number of carbonyl (C=O) groups is 2. The molecule has 6 rings (SSSR count). The van der Waals surface area contributed by atoms with Crippen molar-refractivity contribution >= 4 is 46.4 Å². The average Bonchev–Trinajstić information content (AvgIpc) is 3.53. The maximum atomic E-state index is 14.1. The molecule has 2 fully saturated rings. The minimum Gasteiger partial charge on any atom is -0.382 e. The number of hydrogen-bond donors (Lipinski definition) is 4. The molecule has 1 saturated carbocycles. The number of fused-ring (bicyclic) bond motifs is 1. The molecule has 2 amide bonds. The second kappa shape index (κ2) is 9.58. The van der Waals surface area contributed by atoms with Crippen LogP contribution < -0.4 is 21.3 Å². The van der Waals surface area contributed by atoms with Crippen LogP contribution in [0.2, 0.25) is 0 Å². The van der Waals surface area contributed by atoms with E-state index in [2.05, 4.69) is 31.3 Å². The second-order valence-electron chi connectivity index (χ2n) is 9.31. The lowest BCUT2D eigenvalue weighted by Crippen LogP contribution is -2.19. The van der Waals surface area contributed by atoms with E-state index in [1.807, 2.05) is 18.2 Å². The van der Waals surface area contributed by atoms with Crippen molar-refractivity contribution in [2.24, 2.45) is 0 Å². The van der Waals surface area contributed by atoms with Crippen LogP contribution in [0.5, 0.6) is 0 Å². The van der Waals surface area contributed by atoms with Crippen LogP contribution in [0.25, 0.3) is 11.7 Å². The monoisotopic (exact) mass is 515 g/mol. The summed E-state index contributed by atoms with van der Waals surface area (Å²) in [4.78, 5) is 28.2. The van der Waals surface area contributed by atoms with E-state index in [4.69, 9.17) is 0 Å². The molecule has 1 saturated heterocycles. The Morgan fingerprint density at radius 2 is 1.89 bits per heavy atom. The molecule has 9 nitrogen and oxygen atoms in total. The number of carbonyl (C=O) groups excluding carboxylic acids is 2. The summed E-state index contributed by atoms with van der Waals surface area (Å²) in [6, 6.07) is 12.0. The highest BCUT2D eigenvalue weighted by atomic mass is 19.2. The molecule has 0 atom stereocenters. The number of hydrogen-bond acceptors (Lipinski definition) is 7. The van der Waals surface area contributed by atoms with Crippen molar-refractivity contribution in [3.63, 3.8) is 0 Å². The van der Waals surface area contributed by atoms with Gasteiger partial charge in [-0.2, -0.15) is 5.10 Å². The second-order valence-corrected chi connectivity index (χ2v) is 9.31. The molecule has 0 spiro atoms. The topological polar surface area (TPSA) is 112 Å². The van der Waals surface area contributed by atoms with Crippen molar-refractivity contribution in [1.29, 1.82) is 0 Å². The third kappa shape index (κ3) is 5.03. The highest BCUT2D eigenvalue weighted by molar-refractivity contribution is 6.15. The maximum Gasteiger partial charge on any atom is 0.254 e. The molecular weight excluding hydrogens is 492 g/mol. The lowest BCUT2D eigenvalue weighted by Gasteiger charge is -2.14. The molecular formula is C27H23F2N7O2. The third-order valence-electron chi connectivity index (χ3n) is 6.29. The summed E-state index contributed by atoms with van der Waals surface area (Å²) >= 11 is 0. The van der Waals surface area contributed by atoms with Gasteiger partial charge in [0, 0.05) is 52.5 Å². The molecule has 2 aliphatic rings. The van der Waals surface area contributed by atoms with E-state index in [9.17, 15) is 18.4 Å². The van der Waals surface area contributed by atoms with Crippen LogP contribution in [0.3, 0.4) is 0 Å². The first-order valence-corrected chi connectivity index (χ1v) is 12.2. The van der Waals surface area contributed by atoms with Gasteiger partial charge >= 0.3 is 0 Å². The maximum absolute atomic E-state index is 14.1. The van der Waals surface area contributed by atoms with Gasteiger partial charge in [-0.3, -0.25) is 14.9 Å². The number of aromatic nitrogens is 3. The predicted octanol–water partition coefficient (Wildman–Crippen LogP) is 4.37. The molecule has 38 heavy (non-hydrogen) atoms. The van der Waals surface area contributed by atoms with Crippen LogP contribution in [0.1, 0.15) is 30.4 Å². The van der Waals surface area contributed by atoms with Crippen LogP contribution in [0, 0.1) is 11.6 Å². The van der Waals surface area contributed by atoms with Gasteiger partial charge < -0.3 is 16.0 Å². The minimum absolute atomic E-state index is 0.0181. The zero-order chi connectivity index (χ0) is 26.2. The molecule has 11 heteroatoms. The fourth-order valence-corrected chi connectivity index (χ4v) is 4.25. The number of amides is 2. The summed E-state index contributed by atoms with van der Waals surface area (Å²) in [5, 5.41) is 16.5. The number of halogens is 2. The van der Waals surface area contributed by atoms with E-state index >= 15 is 0 Å². The van der Waals surface area contributed by atoms with Gasteiger partial charge in [0.05, 0.1) is 12.6 Å². The number of benzene rings is 2. The number of nitrogens with one attached hydrogen (secondary N) is 4. The number of rotatable bonds is 8. The van der Waals surface area contributed by atoms with Gasteiger partial charge in [-0.1, -0.05) is 12.1 Å². The van der Waals surface area contributed by atoms with E-state index in [1.54, 1.807) is 35.1 Å². The largest absolute Gasteiger partial charge is 0.382 e. The molecule has 4 aromatic rings. The lowest BCUT2D eigenvalue weighted by molar-refractivity contribution is -0.124. The average molecular weight is 516 g/mol. The molecule has 1 aliphatic heterocycles. The number of nitrogens with zero attached hydrogens (tertiary/aromatic N) is 3. The number of imide groups is 1. The van der Waals surface area contributed by atoms with Crippen LogP contribution in [-0.2, 0) is 16.1 Å². The van der Waals surface area contributed by atoms with Crippen molar-refractivity contribution in [1.82, 2.24) is 19.9 Å². The van der Waals surface area contributed by atoms with Crippen LogP contribution in [-0.4, -0.2) is 32.5 Å². The first-order chi connectivity index (χ1) is 18.4. The summed E-state index contributed by atoms with van der Waals surface area (Å²) in [5.74, 6) is -1.96.